The van der Waals surface area contributed by atoms with Gasteiger partial charge in [0.15, 0.2) is 0 Å². The van der Waals surface area contributed by atoms with E-state index in [9.17, 15) is 0 Å². The van der Waals surface area contributed by atoms with Crippen LogP contribution in [0.1, 0.15) is 27.2 Å². The first-order valence-corrected chi connectivity index (χ1v) is 6.98. The summed E-state index contributed by atoms with van der Waals surface area (Å²) in [6.45, 7) is 12.7. The van der Waals surface area contributed by atoms with Crippen molar-refractivity contribution in [3.63, 3.8) is 0 Å². The molecule has 0 spiro atoms. The Balaban J connectivity index is 1.81. The molecule has 0 saturated carbocycles. The zero-order valence-electron chi connectivity index (χ0n) is 11.8. The highest BCUT2D eigenvalue weighted by molar-refractivity contribution is 4.88. The molecule has 100 valence electrons. The maximum absolute atomic E-state index is 5.58. The molecule has 3 unspecified atom stereocenters. The van der Waals surface area contributed by atoms with Crippen LogP contribution in [0.15, 0.2) is 0 Å². The zero-order chi connectivity index (χ0) is 12.5. The van der Waals surface area contributed by atoms with Crippen molar-refractivity contribution in [2.75, 3.05) is 39.9 Å². The molecule has 2 fully saturated rings. The first kappa shape index (κ1) is 13.3. The van der Waals surface area contributed by atoms with E-state index < -0.39 is 0 Å². The van der Waals surface area contributed by atoms with Crippen LogP contribution in [0.5, 0.6) is 0 Å². The number of hydrogen-bond acceptors (Lipinski definition) is 3. The summed E-state index contributed by atoms with van der Waals surface area (Å²) in [5.41, 5.74) is 0.462. The molecule has 0 aromatic heterocycles. The molecule has 0 aliphatic carbocycles. The van der Waals surface area contributed by atoms with Crippen LogP contribution in [-0.4, -0.2) is 50.8 Å². The normalized spacial score (nSPS) is 35.6. The average molecular weight is 240 g/mol. The molecule has 3 heteroatoms. The van der Waals surface area contributed by atoms with E-state index in [2.05, 4.69) is 31.0 Å². The summed E-state index contributed by atoms with van der Waals surface area (Å²) in [4.78, 5) is 2.64. The Labute approximate surface area is 106 Å². The van der Waals surface area contributed by atoms with Crippen LogP contribution < -0.4 is 5.32 Å². The molecule has 0 aromatic rings. The third-order valence-corrected chi connectivity index (χ3v) is 4.56. The van der Waals surface area contributed by atoms with Gasteiger partial charge in [-0.3, -0.25) is 0 Å². The van der Waals surface area contributed by atoms with E-state index in [1.54, 1.807) is 0 Å². The summed E-state index contributed by atoms with van der Waals surface area (Å²) >= 11 is 0. The van der Waals surface area contributed by atoms with Gasteiger partial charge >= 0.3 is 0 Å². The monoisotopic (exact) mass is 240 g/mol. The third-order valence-electron chi connectivity index (χ3n) is 4.56. The molecule has 2 heterocycles. The predicted octanol–water partition coefficient (Wildman–Crippen LogP) is 1.59. The zero-order valence-corrected chi connectivity index (χ0v) is 11.8. The summed E-state index contributed by atoms with van der Waals surface area (Å²) in [6, 6.07) is 0.559. The van der Waals surface area contributed by atoms with Gasteiger partial charge in [0.05, 0.1) is 13.2 Å². The topological polar surface area (TPSA) is 24.5 Å². The maximum Gasteiger partial charge on any atom is 0.0623 e. The van der Waals surface area contributed by atoms with Gasteiger partial charge in [-0.15, -0.1) is 0 Å². The molecule has 0 amide bonds. The van der Waals surface area contributed by atoms with Crippen LogP contribution in [0.25, 0.3) is 0 Å². The van der Waals surface area contributed by atoms with Crippen molar-refractivity contribution < 1.29 is 4.74 Å². The van der Waals surface area contributed by atoms with Crippen molar-refractivity contribution in [2.45, 2.75) is 33.2 Å². The standard InChI is InChI=1S/C14H28N2O/c1-14(2,3)12-5-6-16(8-12)7-11-9-17-10-13(11)15-4/h11-13,15H,5-10H2,1-4H3. The highest BCUT2D eigenvalue weighted by Gasteiger charge is 2.35. The van der Waals surface area contributed by atoms with Gasteiger partial charge in [0.2, 0.25) is 0 Å². The lowest BCUT2D eigenvalue weighted by atomic mass is 9.80. The largest absolute Gasteiger partial charge is 0.379 e. The Hall–Kier alpha value is -0.120. The van der Waals surface area contributed by atoms with Crippen molar-refractivity contribution in [2.24, 2.45) is 17.3 Å². The van der Waals surface area contributed by atoms with Crippen LogP contribution in [0.2, 0.25) is 0 Å². The molecular formula is C14H28N2O. The second-order valence-corrected chi connectivity index (χ2v) is 6.80. The Bertz CT molecular complexity index is 249. The van der Waals surface area contributed by atoms with Gasteiger partial charge in [0.1, 0.15) is 0 Å². The lowest BCUT2D eigenvalue weighted by Crippen LogP contribution is -2.40. The first-order chi connectivity index (χ1) is 8.00. The van der Waals surface area contributed by atoms with Crippen molar-refractivity contribution >= 4 is 0 Å². The molecule has 2 aliphatic heterocycles. The lowest BCUT2D eigenvalue weighted by Gasteiger charge is -2.28. The van der Waals surface area contributed by atoms with Crippen molar-refractivity contribution in [1.82, 2.24) is 10.2 Å². The van der Waals surface area contributed by atoms with Crippen LogP contribution >= 0.6 is 0 Å². The molecule has 2 saturated heterocycles. The molecule has 3 atom stereocenters. The predicted molar refractivity (Wildman–Crippen MR) is 71.2 cm³/mol. The second kappa shape index (κ2) is 5.25. The van der Waals surface area contributed by atoms with E-state index in [-0.39, 0.29) is 0 Å². The van der Waals surface area contributed by atoms with E-state index >= 15 is 0 Å². The van der Waals surface area contributed by atoms with Crippen molar-refractivity contribution in [3.05, 3.63) is 0 Å². The summed E-state index contributed by atoms with van der Waals surface area (Å²) in [6.07, 6.45) is 1.36. The molecule has 0 radical (unpaired) electrons. The molecule has 2 rings (SSSR count). The fourth-order valence-corrected chi connectivity index (χ4v) is 3.13. The summed E-state index contributed by atoms with van der Waals surface area (Å²) in [5.74, 6) is 1.54. The van der Waals surface area contributed by atoms with Crippen LogP contribution in [0, 0.1) is 17.3 Å². The highest BCUT2D eigenvalue weighted by atomic mass is 16.5. The van der Waals surface area contributed by atoms with Gasteiger partial charge in [0, 0.05) is 25.0 Å². The van der Waals surface area contributed by atoms with Gasteiger partial charge in [0.25, 0.3) is 0 Å². The summed E-state index contributed by atoms with van der Waals surface area (Å²) < 4.78 is 5.58. The smallest absolute Gasteiger partial charge is 0.0623 e. The van der Waals surface area contributed by atoms with Crippen LogP contribution in [0.3, 0.4) is 0 Å². The van der Waals surface area contributed by atoms with Crippen molar-refractivity contribution in [1.29, 1.82) is 0 Å². The molecule has 17 heavy (non-hydrogen) atoms. The number of nitrogens with one attached hydrogen (secondary N) is 1. The van der Waals surface area contributed by atoms with Gasteiger partial charge < -0.3 is 15.0 Å². The number of likely N-dealkylation sites (tertiary alicyclic amines) is 1. The third kappa shape index (κ3) is 3.21. The van der Waals surface area contributed by atoms with E-state index in [0.29, 0.717) is 17.4 Å². The molecule has 0 aromatic carbocycles. The Morgan fingerprint density at radius 2 is 2.06 bits per heavy atom. The Morgan fingerprint density at radius 1 is 1.29 bits per heavy atom. The summed E-state index contributed by atoms with van der Waals surface area (Å²) in [7, 11) is 2.05. The van der Waals surface area contributed by atoms with E-state index in [4.69, 9.17) is 4.74 Å². The van der Waals surface area contributed by atoms with Crippen LogP contribution in [-0.2, 0) is 4.74 Å². The lowest BCUT2D eigenvalue weighted by molar-refractivity contribution is 0.168. The molecule has 0 bridgehead atoms. The second-order valence-electron chi connectivity index (χ2n) is 6.80. The number of ether oxygens (including phenoxy) is 1. The minimum absolute atomic E-state index is 0.462. The Morgan fingerprint density at radius 3 is 2.65 bits per heavy atom. The molecule has 3 nitrogen and oxygen atoms in total. The fraction of sp³-hybridized carbons (Fsp3) is 1.00. The van der Waals surface area contributed by atoms with Crippen molar-refractivity contribution in [3.8, 4) is 0 Å². The number of likely N-dealkylation sites (N-methyl/N-ethyl adjacent to an activating group) is 1. The summed E-state index contributed by atoms with van der Waals surface area (Å²) in [5, 5.41) is 3.38. The molecular weight excluding hydrogens is 212 g/mol. The van der Waals surface area contributed by atoms with Gasteiger partial charge in [-0.25, -0.2) is 0 Å². The maximum atomic E-state index is 5.58. The van der Waals surface area contributed by atoms with Crippen LogP contribution in [0.4, 0.5) is 0 Å². The van der Waals surface area contributed by atoms with Gasteiger partial charge in [-0.2, -0.15) is 0 Å². The molecule has 1 N–H and O–H groups in total. The first-order valence-electron chi connectivity index (χ1n) is 6.98. The van der Waals surface area contributed by atoms with E-state index in [1.165, 1.54) is 26.1 Å². The van der Waals surface area contributed by atoms with Gasteiger partial charge in [-0.1, -0.05) is 20.8 Å². The quantitative estimate of drug-likeness (QED) is 0.811. The van der Waals surface area contributed by atoms with E-state index in [0.717, 1.165) is 19.1 Å². The minimum Gasteiger partial charge on any atom is -0.379 e. The molecule has 2 aliphatic rings. The minimum atomic E-state index is 0.462. The number of rotatable bonds is 3. The fourth-order valence-electron chi connectivity index (χ4n) is 3.13. The SMILES string of the molecule is CNC1COCC1CN1CCC(C(C)(C)C)C1. The van der Waals surface area contributed by atoms with Gasteiger partial charge in [-0.05, 0) is 31.3 Å². The van der Waals surface area contributed by atoms with E-state index in [1.807, 2.05) is 7.05 Å². The number of nitrogens with zero attached hydrogens (tertiary/aromatic N) is 1. The Kier molecular flexibility index (Phi) is 4.11. The average Bonchev–Trinajstić information content (AvgIpc) is 2.86. The highest BCUT2D eigenvalue weighted by Crippen LogP contribution is 2.34. The number of hydrogen-bond donors (Lipinski definition) is 1.